The number of nitro benzene ring substituents is 1. The number of anilines is 1. The fraction of sp³-hybridized carbons (Fsp3) is 0.0476. The number of rotatable bonds is 5. The molecule has 1 N–H and O–H groups in total. The Morgan fingerprint density at radius 3 is 2.57 bits per heavy atom. The molecule has 0 saturated heterocycles. The molecule has 3 rings (SSSR count). The van der Waals surface area contributed by atoms with E-state index < -0.39 is 10.8 Å². The minimum atomic E-state index is -0.543. The highest BCUT2D eigenvalue weighted by Crippen LogP contribution is 2.29. The number of hydrogen-bond donors (Lipinski definition) is 1. The Balaban J connectivity index is 1.83. The molecular formula is C21H15N3O4. The SMILES string of the molecule is Cc1cc([N+](=O)[O-])ccc1-c1ccc(/C=C(/C#N)C(=O)Nc2ccccc2)o1. The van der Waals surface area contributed by atoms with Crippen LogP contribution in [-0.2, 0) is 4.79 Å². The van der Waals surface area contributed by atoms with Gasteiger partial charge in [-0.3, -0.25) is 14.9 Å². The van der Waals surface area contributed by atoms with Crippen LogP contribution in [-0.4, -0.2) is 10.8 Å². The van der Waals surface area contributed by atoms with Gasteiger partial charge in [-0.25, -0.2) is 0 Å². The number of nitrogens with zero attached hydrogens (tertiary/aromatic N) is 2. The van der Waals surface area contributed by atoms with Crippen molar-refractivity contribution in [2.24, 2.45) is 0 Å². The topological polar surface area (TPSA) is 109 Å². The summed E-state index contributed by atoms with van der Waals surface area (Å²) >= 11 is 0. The van der Waals surface area contributed by atoms with Crippen LogP contribution in [0.1, 0.15) is 11.3 Å². The molecule has 7 nitrogen and oxygen atoms in total. The van der Waals surface area contributed by atoms with Crippen LogP contribution in [0.3, 0.4) is 0 Å². The molecule has 0 spiro atoms. The van der Waals surface area contributed by atoms with E-state index in [1.807, 2.05) is 12.1 Å². The highest BCUT2D eigenvalue weighted by atomic mass is 16.6. The van der Waals surface area contributed by atoms with Crippen molar-refractivity contribution >= 4 is 23.4 Å². The molecule has 0 atom stereocenters. The van der Waals surface area contributed by atoms with Crippen molar-refractivity contribution < 1.29 is 14.1 Å². The molecule has 1 heterocycles. The second-order valence-corrected chi connectivity index (χ2v) is 5.95. The predicted octanol–water partition coefficient (Wildman–Crippen LogP) is 4.71. The number of aryl methyl sites for hydroxylation is 1. The van der Waals surface area contributed by atoms with Crippen LogP contribution in [0.4, 0.5) is 11.4 Å². The van der Waals surface area contributed by atoms with E-state index in [1.54, 1.807) is 49.4 Å². The zero-order chi connectivity index (χ0) is 20.1. The van der Waals surface area contributed by atoms with E-state index in [2.05, 4.69) is 5.32 Å². The van der Waals surface area contributed by atoms with Crippen molar-refractivity contribution in [1.29, 1.82) is 5.26 Å². The van der Waals surface area contributed by atoms with Gasteiger partial charge < -0.3 is 9.73 Å². The predicted molar refractivity (Wildman–Crippen MR) is 104 cm³/mol. The first-order valence-corrected chi connectivity index (χ1v) is 8.31. The molecular weight excluding hydrogens is 358 g/mol. The van der Waals surface area contributed by atoms with Gasteiger partial charge in [0.25, 0.3) is 11.6 Å². The number of nitrogens with one attached hydrogen (secondary N) is 1. The number of benzene rings is 2. The molecule has 1 aromatic heterocycles. The van der Waals surface area contributed by atoms with E-state index in [9.17, 15) is 20.2 Å². The maximum Gasteiger partial charge on any atom is 0.269 e. The van der Waals surface area contributed by atoms with E-state index in [4.69, 9.17) is 4.42 Å². The zero-order valence-electron chi connectivity index (χ0n) is 14.9. The molecule has 138 valence electrons. The minimum Gasteiger partial charge on any atom is -0.457 e. The van der Waals surface area contributed by atoms with Crippen molar-refractivity contribution in [3.8, 4) is 17.4 Å². The van der Waals surface area contributed by atoms with Gasteiger partial charge in [0, 0.05) is 29.5 Å². The third-order valence-electron chi connectivity index (χ3n) is 4.00. The molecule has 0 aliphatic heterocycles. The highest BCUT2D eigenvalue weighted by Gasteiger charge is 2.14. The highest BCUT2D eigenvalue weighted by molar-refractivity contribution is 6.09. The molecule has 0 bridgehead atoms. The second kappa shape index (κ2) is 8.01. The van der Waals surface area contributed by atoms with Gasteiger partial charge in [0.1, 0.15) is 23.2 Å². The van der Waals surface area contributed by atoms with Crippen molar-refractivity contribution in [1.82, 2.24) is 0 Å². The number of non-ortho nitro benzene ring substituents is 1. The third-order valence-corrected chi connectivity index (χ3v) is 4.00. The van der Waals surface area contributed by atoms with Crippen LogP contribution in [0.25, 0.3) is 17.4 Å². The van der Waals surface area contributed by atoms with Crippen molar-refractivity contribution in [2.45, 2.75) is 6.92 Å². The first kappa shape index (κ1) is 18.6. The summed E-state index contributed by atoms with van der Waals surface area (Å²) in [5.41, 5.74) is 1.84. The lowest BCUT2D eigenvalue weighted by atomic mass is 10.1. The van der Waals surface area contributed by atoms with E-state index in [0.717, 1.165) is 0 Å². The summed E-state index contributed by atoms with van der Waals surface area (Å²) in [6.45, 7) is 1.74. The minimum absolute atomic E-state index is 0.00252. The zero-order valence-corrected chi connectivity index (χ0v) is 14.9. The summed E-state index contributed by atoms with van der Waals surface area (Å²) in [5, 5.41) is 22.8. The van der Waals surface area contributed by atoms with E-state index in [0.29, 0.717) is 28.3 Å². The molecule has 0 saturated carbocycles. The average Bonchev–Trinajstić information content (AvgIpc) is 3.15. The lowest BCUT2D eigenvalue weighted by Crippen LogP contribution is -2.13. The van der Waals surface area contributed by atoms with Crippen molar-refractivity contribution in [2.75, 3.05) is 5.32 Å². The maximum atomic E-state index is 12.3. The molecule has 3 aromatic rings. The van der Waals surface area contributed by atoms with E-state index >= 15 is 0 Å². The van der Waals surface area contributed by atoms with Gasteiger partial charge in [-0.1, -0.05) is 18.2 Å². The van der Waals surface area contributed by atoms with Gasteiger partial charge in [-0.15, -0.1) is 0 Å². The summed E-state index contributed by atoms with van der Waals surface area (Å²) in [6, 6.07) is 18.4. The Morgan fingerprint density at radius 1 is 1.18 bits per heavy atom. The number of carbonyl (C=O) groups is 1. The number of para-hydroxylation sites is 1. The van der Waals surface area contributed by atoms with E-state index in [-0.39, 0.29) is 11.3 Å². The lowest BCUT2D eigenvalue weighted by molar-refractivity contribution is -0.384. The number of hydrogen-bond acceptors (Lipinski definition) is 5. The van der Waals surface area contributed by atoms with Crippen LogP contribution in [0.15, 0.2) is 70.7 Å². The number of carbonyl (C=O) groups excluding carboxylic acids is 1. The molecule has 28 heavy (non-hydrogen) atoms. The molecule has 0 radical (unpaired) electrons. The van der Waals surface area contributed by atoms with Gasteiger partial charge in [0.15, 0.2) is 0 Å². The van der Waals surface area contributed by atoms with Crippen LogP contribution >= 0.6 is 0 Å². The summed E-state index contributed by atoms with van der Waals surface area (Å²) in [6.07, 6.45) is 1.35. The average molecular weight is 373 g/mol. The fourth-order valence-corrected chi connectivity index (χ4v) is 2.62. The smallest absolute Gasteiger partial charge is 0.269 e. The van der Waals surface area contributed by atoms with Crippen LogP contribution in [0, 0.1) is 28.4 Å². The second-order valence-electron chi connectivity index (χ2n) is 5.95. The number of amides is 1. The Morgan fingerprint density at radius 2 is 1.93 bits per heavy atom. The first-order chi connectivity index (χ1) is 13.5. The first-order valence-electron chi connectivity index (χ1n) is 8.31. The van der Waals surface area contributed by atoms with Crippen LogP contribution in [0.5, 0.6) is 0 Å². The summed E-state index contributed by atoms with van der Waals surface area (Å²) < 4.78 is 5.71. The normalized spacial score (nSPS) is 10.9. The van der Waals surface area contributed by atoms with Crippen molar-refractivity contribution in [3.05, 3.63) is 87.7 Å². The quantitative estimate of drug-likeness (QED) is 0.301. The Kier molecular flexibility index (Phi) is 5.33. The van der Waals surface area contributed by atoms with Crippen molar-refractivity contribution in [3.63, 3.8) is 0 Å². The van der Waals surface area contributed by atoms with Gasteiger partial charge in [-0.05, 0) is 42.8 Å². The van der Waals surface area contributed by atoms with E-state index in [1.165, 1.54) is 18.2 Å². The van der Waals surface area contributed by atoms with Gasteiger partial charge in [0.2, 0.25) is 0 Å². The summed E-state index contributed by atoms with van der Waals surface area (Å²) in [7, 11) is 0. The number of furan rings is 1. The third kappa shape index (κ3) is 4.14. The number of nitriles is 1. The Labute approximate surface area is 160 Å². The molecule has 0 aliphatic rings. The molecule has 7 heteroatoms. The Bertz CT molecular complexity index is 1110. The lowest BCUT2D eigenvalue weighted by Gasteiger charge is -2.03. The van der Waals surface area contributed by atoms with Gasteiger partial charge >= 0.3 is 0 Å². The van der Waals surface area contributed by atoms with Crippen LogP contribution < -0.4 is 5.32 Å². The molecule has 0 fully saturated rings. The monoisotopic (exact) mass is 373 g/mol. The standard InChI is InChI=1S/C21H15N3O4/c1-14-11-17(24(26)27)7-9-19(14)20-10-8-18(28-20)12-15(13-22)21(25)23-16-5-3-2-4-6-16/h2-12H,1H3,(H,23,25)/b15-12-. The largest absolute Gasteiger partial charge is 0.457 e. The Hall–Kier alpha value is -4.18. The summed E-state index contributed by atoms with van der Waals surface area (Å²) in [4.78, 5) is 22.7. The number of nitro groups is 1. The van der Waals surface area contributed by atoms with Gasteiger partial charge in [0.05, 0.1) is 4.92 Å². The van der Waals surface area contributed by atoms with Gasteiger partial charge in [-0.2, -0.15) is 5.26 Å². The molecule has 0 aliphatic carbocycles. The molecule has 1 amide bonds. The maximum absolute atomic E-state index is 12.3. The molecule has 2 aromatic carbocycles. The molecule has 0 unspecified atom stereocenters. The fourth-order valence-electron chi connectivity index (χ4n) is 2.62. The summed E-state index contributed by atoms with van der Waals surface area (Å²) in [5.74, 6) is 0.269. The van der Waals surface area contributed by atoms with Crippen LogP contribution in [0.2, 0.25) is 0 Å².